The number of aromatic amines is 1. The van der Waals surface area contributed by atoms with Crippen LogP contribution in [-0.4, -0.2) is 45.6 Å². The highest BCUT2D eigenvalue weighted by atomic mass is 16.3. The number of carbonyl (C=O) groups excluding carboxylic acids is 1. The summed E-state index contributed by atoms with van der Waals surface area (Å²) in [4.78, 5) is 22.1. The number of fused-ring (bicyclic) bond motifs is 1. The summed E-state index contributed by atoms with van der Waals surface area (Å²) < 4.78 is 0. The van der Waals surface area contributed by atoms with Crippen LogP contribution in [0.4, 0.5) is 0 Å². The molecule has 1 aliphatic heterocycles. The molecule has 0 aliphatic carbocycles. The van der Waals surface area contributed by atoms with Gasteiger partial charge in [-0.2, -0.15) is 0 Å². The predicted octanol–water partition coefficient (Wildman–Crippen LogP) is 2.73. The molecule has 0 saturated carbocycles. The van der Waals surface area contributed by atoms with Crippen LogP contribution in [-0.2, 0) is 11.2 Å². The second-order valence-corrected chi connectivity index (χ2v) is 6.98. The Balaban J connectivity index is 1.46. The number of rotatable bonds is 4. The average Bonchev–Trinajstić information content (AvgIpc) is 3.11. The number of pyridine rings is 1. The summed E-state index contributed by atoms with van der Waals surface area (Å²) in [5, 5.41) is 10.9. The molecular formula is C21H23N3O2. The summed E-state index contributed by atoms with van der Waals surface area (Å²) in [5.74, 6) is 0.502. The molecule has 26 heavy (non-hydrogen) atoms. The predicted molar refractivity (Wildman–Crippen MR) is 101 cm³/mol. The lowest BCUT2D eigenvalue weighted by Gasteiger charge is -2.38. The number of hydrogen-bond donors (Lipinski definition) is 2. The van der Waals surface area contributed by atoms with Gasteiger partial charge in [0.15, 0.2) is 0 Å². The summed E-state index contributed by atoms with van der Waals surface area (Å²) in [6, 6.07) is 14.2. The number of aliphatic hydroxyl groups is 1. The molecular weight excluding hydrogens is 326 g/mol. The van der Waals surface area contributed by atoms with Crippen molar-refractivity contribution in [1.82, 2.24) is 14.9 Å². The van der Waals surface area contributed by atoms with Crippen LogP contribution in [0.25, 0.3) is 11.0 Å². The van der Waals surface area contributed by atoms with Crippen molar-refractivity contribution in [3.63, 3.8) is 0 Å². The number of likely N-dealkylation sites (tertiary alicyclic amines) is 1. The van der Waals surface area contributed by atoms with Gasteiger partial charge in [-0.1, -0.05) is 30.3 Å². The first-order chi connectivity index (χ1) is 12.8. The van der Waals surface area contributed by atoms with Crippen LogP contribution in [0.1, 0.15) is 23.5 Å². The largest absolute Gasteiger partial charge is 0.396 e. The van der Waals surface area contributed by atoms with Gasteiger partial charge in [-0.25, -0.2) is 4.98 Å². The second kappa shape index (κ2) is 7.30. The lowest BCUT2D eigenvalue weighted by Crippen LogP contribution is -2.44. The summed E-state index contributed by atoms with van der Waals surface area (Å²) >= 11 is 0. The molecule has 0 unspecified atom stereocenters. The van der Waals surface area contributed by atoms with Crippen LogP contribution >= 0.6 is 0 Å². The van der Waals surface area contributed by atoms with Gasteiger partial charge in [0.1, 0.15) is 5.65 Å². The average molecular weight is 349 g/mol. The monoisotopic (exact) mass is 349 g/mol. The molecule has 1 fully saturated rings. The molecule has 2 aromatic heterocycles. The maximum absolute atomic E-state index is 12.8. The summed E-state index contributed by atoms with van der Waals surface area (Å²) in [7, 11) is 0. The Hall–Kier alpha value is -2.66. The van der Waals surface area contributed by atoms with E-state index in [2.05, 4.69) is 22.1 Å². The molecule has 5 heteroatoms. The highest BCUT2D eigenvalue weighted by molar-refractivity contribution is 5.87. The highest BCUT2D eigenvalue weighted by Crippen LogP contribution is 2.33. The van der Waals surface area contributed by atoms with E-state index in [9.17, 15) is 9.90 Å². The van der Waals surface area contributed by atoms with Crippen LogP contribution in [0.2, 0.25) is 0 Å². The molecule has 0 spiro atoms. The maximum atomic E-state index is 12.8. The Bertz CT molecular complexity index is 890. The highest BCUT2D eigenvalue weighted by Gasteiger charge is 2.32. The number of hydrogen-bond acceptors (Lipinski definition) is 3. The van der Waals surface area contributed by atoms with Crippen molar-refractivity contribution >= 4 is 16.9 Å². The topological polar surface area (TPSA) is 69.2 Å². The lowest BCUT2D eigenvalue weighted by atomic mass is 9.81. The number of amides is 1. The molecule has 1 saturated heterocycles. The fourth-order valence-corrected chi connectivity index (χ4v) is 4.02. The van der Waals surface area contributed by atoms with Crippen LogP contribution in [0.15, 0.2) is 54.9 Å². The Morgan fingerprint density at radius 1 is 1.23 bits per heavy atom. The van der Waals surface area contributed by atoms with E-state index in [1.807, 2.05) is 41.4 Å². The minimum absolute atomic E-state index is 0.0831. The fourth-order valence-electron chi connectivity index (χ4n) is 4.02. The molecule has 4 rings (SSSR count). The summed E-state index contributed by atoms with van der Waals surface area (Å²) in [5.41, 5.74) is 3.04. The molecule has 0 radical (unpaired) electrons. The molecule has 3 aromatic rings. The third kappa shape index (κ3) is 3.22. The Morgan fingerprint density at radius 2 is 2.08 bits per heavy atom. The third-order valence-electron chi connectivity index (χ3n) is 5.43. The van der Waals surface area contributed by atoms with E-state index in [0.29, 0.717) is 18.9 Å². The van der Waals surface area contributed by atoms with Gasteiger partial charge in [0.2, 0.25) is 5.91 Å². The minimum Gasteiger partial charge on any atom is -0.396 e. The first-order valence-electron chi connectivity index (χ1n) is 9.11. The van der Waals surface area contributed by atoms with Gasteiger partial charge < -0.3 is 15.0 Å². The van der Waals surface area contributed by atoms with Gasteiger partial charge in [0.25, 0.3) is 0 Å². The second-order valence-electron chi connectivity index (χ2n) is 6.98. The number of benzene rings is 1. The molecule has 2 N–H and O–H groups in total. The van der Waals surface area contributed by atoms with Crippen molar-refractivity contribution in [1.29, 1.82) is 0 Å². The van der Waals surface area contributed by atoms with Crippen LogP contribution in [0, 0.1) is 5.92 Å². The molecule has 1 amide bonds. The van der Waals surface area contributed by atoms with Crippen molar-refractivity contribution in [2.45, 2.75) is 18.8 Å². The molecule has 5 nitrogen and oxygen atoms in total. The molecule has 0 bridgehead atoms. The van der Waals surface area contributed by atoms with Gasteiger partial charge in [-0.3, -0.25) is 4.79 Å². The van der Waals surface area contributed by atoms with E-state index >= 15 is 0 Å². The van der Waals surface area contributed by atoms with E-state index < -0.39 is 0 Å². The van der Waals surface area contributed by atoms with Crippen molar-refractivity contribution in [3.05, 3.63) is 66.0 Å². The van der Waals surface area contributed by atoms with Gasteiger partial charge in [0, 0.05) is 43.4 Å². The molecule has 2 atom stereocenters. The first kappa shape index (κ1) is 16.8. The van der Waals surface area contributed by atoms with E-state index in [1.165, 1.54) is 5.56 Å². The van der Waals surface area contributed by atoms with E-state index in [-0.39, 0.29) is 18.4 Å². The lowest BCUT2D eigenvalue weighted by molar-refractivity contribution is -0.132. The van der Waals surface area contributed by atoms with E-state index in [4.69, 9.17) is 0 Å². The van der Waals surface area contributed by atoms with Crippen LogP contribution in [0.5, 0.6) is 0 Å². The summed E-state index contributed by atoms with van der Waals surface area (Å²) in [6.07, 6.45) is 4.86. The third-order valence-corrected chi connectivity index (χ3v) is 5.43. The van der Waals surface area contributed by atoms with E-state index in [0.717, 1.165) is 29.6 Å². The number of nitrogens with zero attached hydrogens (tertiary/aromatic N) is 2. The van der Waals surface area contributed by atoms with Crippen molar-refractivity contribution in [2.75, 3.05) is 19.7 Å². The number of aromatic nitrogens is 2. The first-order valence-corrected chi connectivity index (χ1v) is 9.11. The summed E-state index contributed by atoms with van der Waals surface area (Å²) in [6.45, 7) is 1.44. The standard InChI is InChI=1S/C21H23N3O2/c25-14-17-13-24(10-8-18(17)15-5-2-1-3-6-15)20(26)11-16-12-23-21-19(16)7-4-9-22-21/h1-7,9,12,17-18,25H,8,10-11,13-14H2,(H,22,23)/t17-,18+/m1/s1. The van der Waals surface area contributed by atoms with Gasteiger partial charge in [-0.05, 0) is 35.6 Å². The van der Waals surface area contributed by atoms with E-state index in [1.54, 1.807) is 6.20 Å². The van der Waals surface area contributed by atoms with Gasteiger partial charge >= 0.3 is 0 Å². The SMILES string of the molecule is O=C(Cc1c[nH]c2ncccc12)N1CC[C@@H](c2ccccc2)[C@@H](CO)C1. The zero-order valence-corrected chi connectivity index (χ0v) is 14.6. The zero-order chi connectivity index (χ0) is 17.9. The number of carbonyl (C=O) groups is 1. The van der Waals surface area contributed by atoms with Crippen molar-refractivity contribution in [3.8, 4) is 0 Å². The van der Waals surface area contributed by atoms with Gasteiger partial charge in [-0.15, -0.1) is 0 Å². The zero-order valence-electron chi connectivity index (χ0n) is 14.6. The van der Waals surface area contributed by atoms with Crippen LogP contribution < -0.4 is 0 Å². The Kier molecular flexibility index (Phi) is 4.71. The molecule has 134 valence electrons. The number of nitrogens with one attached hydrogen (secondary N) is 1. The molecule has 1 aromatic carbocycles. The van der Waals surface area contributed by atoms with Gasteiger partial charge in [0.05, 0.1) is 6.42 Å². The quantitative estimate of drug-likeness (QED) is 0.761. The Labute approximate surface area is 152 Å². The number of aliphatic hydroxyl groups excluding tert-OH is 1. The van der Waals surface area contributed by atoms with Crippen molar-refractivity contribution in [2.24, 2.45) is 5.92 Å². The molecule has 1 aliphatic rings. The Morgan fingerprint density at radius 3 is 2.88 bits per heavy atom. The normalized spacial score (nSPS) is 20.4. The fraction of sp³-hybridized carbons (Fsp3) is 0.333. The van der Waals surface area contributed by atoms with Crippen molar-refractivity contribution < 1.29 is 9.90 Å². The minimum atomic E-state index is 0.0831. The molecule has 3 heterocycles. The number of piperidine rings is 1. The smallest absolute Gasteiger partial charge is 0.227 e. The number of H-pyrrole nitrogens is 1. The van der Waals surface area contributed by atoms with Crippen LogP contribution in [0.3, 0.4) is 0 Å². The maximum Gasteiger partial charge on any atom is 0.227 e.